The van der Waals surface area contributed by atoms with Crippen LogP contribution < -0.4 is 5.32 Å². The average molecular weight is 347 g/mol. The molecule has 25 heavy (non-hydrogen) atoms. The minimum absolute atomic E-state index is 0.00550. The lowest BCUT2D eigenvalue weighted by Crippen LogP contribution is -2.15. The van der Waals surface area contributed by atoms with Crippen LogP contribution in [0.25, 0.3) is 5.69 Å². The molecule has 4 rings (SSSR count). The van der Waals surface area contributed by atoms with E-state index < -0.39 is 0 Å². The summed E-state index contributed by atoms with van der Waals surface area (Å²) in [7, 11) is 0. The zero-order valence-electron chi connectivity index (χ0n) is 13.7. The molecule has 1 atom stereocenters. The Balaban J connectivity index is 1.71. The highest BCUT2D eigenvalue weighted by atomic mass is 32.1. The van der Waals surface area contributed by atoms with Gasteiger partial charge in [-0.2, -0.15) is 4.68 Å². The van der Waals surface area contributed by atoms with Gasteiger partial charge in [-0.05, 0) is 46.5 Å². The zero-order valence-corrected chi connectivity index (χ0v) is 14.5. The largest absolute Gasteiger partial charge is 0.341 e. The number of hydrogen-bond donors (Lipinski definition) is 1. The Bertz CT molecular complexity index is 930. The van der Waals surface area contributed by atoms with E-state index in [1.54, 1.807) is 16.0 Å². The van der Waals surface area contributed by atoms with E-state index in [-0.39, 0.29) is 6.04 Å². The smallest absolute Gasteiger partial charge is 0.248 e. The second kappa shape index (κ2) is 6.86. The van der Waals surface area contributed by atoms with Crippen molar-refractivity contribution in [1.29, 1.82) is 0 Å². The van der Waals surface area contributed by atoms with Gasteiger partial charge in [0.1, 0.15) is 0 Å². The first-order valence-corrected chi connectivity index (χ1v) is 8.89. The number of hydrogen-bond acceptors (Lipinski definition) is 5. The number of anilines is 1. The summed E-state index contributed by atoms with van der Waals surface area (Å²) in [6, 6.07) is 22.6. The van der Waals surface area contributed by atoms with Crippen molar-refractivity contribution < 1.29 is 0 Å². The Kier molecular flexibility index (Phi) is 4.26. The zero-order chi connectivity index (χ0) is 17.1. The molecule has 1 N–H and O–H groups in total. The molecule has 0 aliphatic heterocycles. The van der Waals surface area contributed by atoms with Crippen LogP contribution in [0.1, 0.15) is 22.0 Å². The SMILES string of the molecule is Cc1ccc(C(Nc2nnnn2-c2ccccc2)c2cccs2)cc1. The Morgan fingerprint density at radius 1 is 0.960 bits per heavy atom. The number of benzene rings is 2. The van der Waals surface area contributed by atoms with E-state index >= 15 is 0 Å². The van der Waals surface area contributed by atoms with Gasteiger partial charge in [-0.25, -0.2) is 0 Å². The van der Waals surface area contributed by atoms with E-state index in [0.29, 0.717) is 5.95 Å². The maximum Gasteiger partial charge on any atom is 0.248 e. The van der Waals surface area contributed by atoms with Crippen LogP contribution in [0.15, 0.2) is 72.1 Å². The van der Waals surface area contributed by atoms with Crippen molar-refractivity contribution in [2.24, 2.45) is 0 Å². The number of nitrogens with zero attached hydrogens (tertiary/aromatic N) is 4. The normalized spacial score (nSPS) is 12.0. The maximum absolute atomic E-state index is 4.18. The molecule has 2 heterocycles. The number of tetrazole rings is 1. The summed E-state index contributed by atoms with van der Waals surface area (Å²) in [6.07, 6.45) is 0. The summed E-state index contributed by atoms with van der Waals surface area (Å²) < 4.78 is 1.72. The Labute approximate surface area is 150 Å². The lowest BCUT2D eigenvalue weighted by Gasteiger charge is -2.18. The van der Waals surface area contributed by atoms with E-state index in [1.165, 1.54) is 16.0 Å². The topological polar surface area (TPSA) is 55.6 Å². The number of nitrogens with one attached hydrogen (secondary N) is 1. The summed E-state index contributed by atoms with van der Waals surface area (Å²) in [5.41, 5.74) is 3.34. The predicted octanol–water partition coefficient (Wildman–Crippen LogP) is 4.23. The van der Waals surface area contributed by atoms with Crippen molar-refractivity contribution in [3.05, 3.63) is 88.1 Å². The van der Waals surface area contributed by atoms with Crippen LogP contribution in [-0.4, -0.2) is 20.2 Å². The molecule has 2 aromatic carbocycles. The number of para-hydroxylation sites is 1. The van der Waals surface area contributed by atoms with Crippen LogP contribution >= 0.6 is 11.3 Å². The van der Waals surface area contributed by atoms with E-state index in [9.17, 15) is 0 Å². The molecule has 0 saturated carbocycles. The quantitative estimate of drug-likeness (QED) is 0.587. The third-order valence-corrected chi connectivity index (χ3v) is 4.92. The molecule has 6 heteroatoms. The molecule has 0 radical (unpaired) electrons. The van der Waals surface area contributed by atoms with E-state index in [4.69, 9.17) is 0 Å². The summed E-state index contributed by atoms with van der Waals surface area (Å²) in [5.74, 6) is 0.616. The molecule has 5 nitrogen and oxygen atoms in total. The first kappa shape index (κ1) is 15.5. The minimum atomic E-state index is -0.00550. The van der Waals surface area contributed by atoms with Crippen LogP contribution in [0.4, 0.5) is 5.95 Å². The van der Waals surface area contributed by atoms with Gasteiger partial charge in [0.25, 0.3) is 0 Å². The lowest BCUT2D eigenvalue weighted by molar-refractivity contribution is 0.786. The third-order valence-electron chi connectivity index (χ3n) is 3.98. The van der Waals surface area contributed by atoms with Crippen molar-refractivity contribution in [2.75, 3.05) is 5.32 Å². The molecule has 4 aromatic rings. The van der Waals surface area contributed by atoms with Crippen LogP contribution in [0.2, 0.25) is 0 Å². The molecule has 124 valence electrons. The standard InChI is InChI=1S/C19H17N5S/c1-14-9-11-15(12-10-14)18(17-8-5-13-25-17)20-19-21-22-23-24(19)16-6-3-2-4-7-16/h2-13,18H,1H3,(H,20,21,23). The number of aromatic nitrogens is 4. The highest BCUT2D eigenvalue weighted by molar-refractivity contribution is 7.10. The highest BCUT2D eigenvalue weighted by Crippen LogP contribution is 2.29. The van der Waals surface area contributed by atoms with Crippen molar-refractivity contribution in [2.45, 2.75) is 13.0 Å². The van der Waals surface area contributed by atoms with Crippen LogP contribution in [0, 0.1) is 6.92 Å². The Morgan fingerprint density at radius 3 is 2.48 bits per heavy atom. The van der Waals surface area contributed by atoms with Crippen LogP contribution in [0.5, 0.6) is 0 Å². The van der Waals surface area contributed by atoms with E-state index in [2.05, 4.69) is 69.5 Å². The molecule has 2 aromatic heterocycles. The van der Waals surface area contributed by atoms with Crippen LogP contribution in [0.3, 0.4) is 0 Å². The van der Waals surface area contributed by atoms with Gasteiger partial charge < -0.3 is 5.32 Å². The molecule has 1 unspecified atom stereocenters. The van der Waals surface area contributed by atoms with E-state index in [0.717, 1.165) is 5.69 Å². The van der Waals surface area contributed by atoms with E-state index in [1.807, 2.05) is 30.3 Å². The summed E-state index contributed by atoms with van der Waals surface area (Å²) in [6.45, 7) is 2.09. The number of rotatable bonds is 5. The van der Waals surface area contributed by atoms with Gasteiger partial charge in [-0.15, -0.1) is 11.3 Å². The first-order valence-electron chi connectivity index (χ1n) is 8.01. The summed E-state index contributed by atoms with van der Waals surface area (Å²) >= 11 is 1.71. The molecule has 0 amide bonds. The fourth-order valence-corrected chi connectivity index (χ4v) is 3.48. The molecule has 0 fully saturated rings. The predicted molar refractivity (Wildman–Crippen MR) is 100 cm³/mol. The first-order chi connectivity index (χ1) is 12.3. The molecule has 0 aliphatic carbocycles. The summed E-state index contributed by atoms with van der Waals surface area (Å²) in [4.78, 5) is 1.21. The van der Waals surface area contributed by atoms with Crippen molar-refractivity contribution in [3.63, 3.8) is 0 Å². The van der Waals surface area contributed by atoms with Gasteiger partial charge in [-0.1, -0.05) is 59.2 Å². The van der Waals surface area contributed by atoms with Gasteiger partial charge in [0.15, 0.2) is 0 Å². The van der Waals surface area contributed by atoms with Crippen molar-refractivity contribution in [3.8, 4) is 5.69 Å². The molecule has 0 bridgehead atoms. The minimum Gasteiger partial charge on any atom is -0.341 e. The average Bonchev–Trinajstić information content (AvgIpc) is 3.33. The second-order valence-corrected chi connectivity index (χ2v) is 6.73. The lowest BCUT2D eigenvalue weighted by atomic mass is 10.0. The molecule has 0 aliphatic rings. The maximum atomic E-state index is 4.18. The Hall–Kier alpha value is -2.99. The van der Waals surface area contributed by atoms with Crippen molar-refractivity contribution >= 4 is 17.3 Å². The Morgan fingerprint density at radius 2 is 1.76 bits per heavy atom. The molecule has 0 saturated heterocycles. The van der Waals surface area contributed by atoms with Gasteiger partial charge in [0.2, 0.25) is 5.95 Å². The van der Waals surface area contributed by atoms with Gasteiger partial charge >= 0.3 is 0 Å². The summed E-state index contributed by atoms with van der Waals surface area (Å²) in [5, 5.41) is 17.7. The second-order valence-electron chi connectivity index (χ2n) is 5.75. The number of aryl methyl sites for hydroxylation is 1. The van der Waals surface area contributed by atoms with Gasteiger partial charge in [0.05, 0.1) is 11.7 Å². The number of thiophene rings is 1. The fraction of sp³-hybridized carbons (Fsp3) is 0.105. The molecular formula is C19H17N5S. The monoisotopic (exact) mass is 347 g/mol. The fourth-order valence-electron chi connectivity index (χ4n) is 2.68. The molecular weight excluding hydrogens is 330 g/mol. The van der Waals surface area contributed by atoms with Gasteiger partial charge in [0, 0.05) is 4.88 Å². The van der Waals surface area contributed by atoms with Crippen LogP contribution in [-0.2, 0) is 0 Å². The highest BCUT2D eigenvalue weighted by Gasteiger charge is 2.19. The van der Waals surface area contributed by atoms with Gasteiger partial charge in [-0.3, -0.25) is 0 Å². The third kappa shape index (κ3) is 3.29. The molecule has 0 spiro atoms. The van der Waals surface area contributed by atoms with Crippen molar-refractivity contribution in [1.82, 2.24) is 20.2 Å².